The molecule has 0 fully saturated rings. The van der Waals surface area contributed by atoms with Crippen LogP contribution in [0.25, 0.3) is 17.1 Å². The predicted octanol–water partition coefficient (Wildman–Crippen LogP) is 4.96. The zero-order valence-corrected chi connectivity index (χ0v) is 18.7. The molecule has 3 aromatic rings. The second-order valence-electron chi connectivity index (χ2n) is 8.30. The number of halogens is 3. The SMILES string of the molecule is COCCOc1nc(-c2cccc(C(F)(F)F)c2)n(-c2ccc(NC(=O)C(C)(C)C)cc2)n1. The average molecular weight is 462 g/mol. The first-order valence-corrected chi connectivity index (χ1v) is 10.2. The summed E-state index contributed by atoms with van der Waals surface area (Å²) in [6.45, 7) is 5.89. The normalized spacial score (nSPS) is 12.0. The van der Waals surface area contributed by atoms with Crippen LogP contribution in [0.4, 0.5) is 18.9 Å². The van der Waals surface area contributed by atoms with Crippen LogP contribution in [0, 0.1) is 5.41 Å². The van der Waals surface area contributed by atoms with E-state index in [0.29, 0.717) is 18.0 Å². The Morgan fingerprint density at radius 2 is 1.76 bits per heavy atom. The summed E-state index contributed by atoms with van der Waals surface area (Å²) in [5.74, 6) is 0.0366. The Balaban J connectivity index is 1.98. The molecule has 0 saturated heterocycles. The van der Waals surface area contributed by atoms with Gasteiger partial charge in [0.15, 0.2) is 5.82 Å². The van der Waals surface area contributed by atoms with Crippen molar-refractivity contribution >= 4 is 11.6 Å². The molecule has 1 aromatic heterocycles. The third-order valence-electron chi connectivity index (χ3n) is 4.61. The molecule has 0 aliphatic heterocycles. The van der Waals surface area contributed by atoms with Crippen LogP contribution >= 0.6 is 0 Å². The van der Waals surface area contributed by atoms with E-state index >= 15 is 0 Å². The van der Waals surface area contributed by atoms with Crippen LogP contribution in [0.15, 0.2) is 48.5 Å². The van der Waals surface area contributed by atoms with E-state index in [-0.39, 0.29) is 29.9 Å². The lowest BCUT2D eigenvalue weighted by Gasteiger charge is -2.17. The van der Waals surface area contributed by atoms with Gasteiger partial charge in [-0.3, -0.25) is 4.79 Å². The second-order valence-corrected chi connectivity index (χ2v) is 8.30. The summed E-state index contributed by atoms with van der Waals surface area (Å²) in [7, 11) is 1.52. The number of rotatable bonds is 7. The molecule has 33 heavy (non-hydrogen) atoms. The van der Waals surface area contributed by atoms with Gasteiger partial charge in [-0.25, -0.2) is 4.68 Å². The van der Waals surface area contributed by atoms with Crippen molar-refractivity contribution in [2.75, 3.05) is 25.6 Å². The number of nitrogens with one attached hydrogen (secondary N) is 1. The summed E-state index contributed by atoms with van der Waals surface area (Å²) in [5, 5.41) is 7.13. The van der Waals surface area contributed by atoms with Gasteiger partial charge in [-0.05, 0) is 36.4 Å². The third-order valence-corrected chi connectivity index (χ3v) is 4.61. The molecule has 0 aliphatic rings. The molecule has 0 atom stereocenters. The van der Waals surface area contributed by atoms with Crippen molar-refractivity contribution in [3.05, 3.63) is 54.1 Å². The van der Waals surface area contributed by atoms with E-state index in [9.17, 15) is 18.0 Å². The summed E-state index contributed by atoms with van der Waals surface area (Å²) < 4.78 is 51.5. The van der Waals surface area contributed by atoms with E-state index in [0.717, 1.165) is 12.1 Å². The average Bonchev–Trinajstić information content (AvgIpc) is 3.17. The van der Waals surface area contributed by atoms with Gasteiger partial charge in [0.25, 0.3) is 0 Å². The molecule has 1 N–H and O–H groups in total. The number of hydrogen-bond acceptors (Lipinski definition) is 5. The molecule has 2 aromatic carbocycles. The zero-order valence-electron chi connectivity index (χ0n) is 18.7. The molecule has 0 saturated carbocycles. The molecule has 1 heterocycles. The van der Waals surface area contributed by atoms with E-state index in [1.165, 1.54) is 23.9 Å². The molecule has 7 nitrogen and oxygen atoms in total. The van der Waals surface area contributed by atoms with E-state index in [1.54, 1.807) is 45.0 Å². The quantitative estimate of drug-likeness (QED) is 0.502. The number of hydrogen-bond donors (Lipinski definition) is 1. The van der Waals surface area contributed by atoms with Crippen LogP contribution in [-0.2, 0) is 15.7 Å². The van der Waals surface area contributed by atoms with Crippen molar-refractivity contribution in [2.45, 2.75) is 26.9 Å². The van der Waals surface area contributed by atoms with E-state index in [4.69, 9.17) is 9.47 Å². The van der Waals surface area contributed by atoms with Gasteiger partial charge in [-0.15, -0.1) is 5.10 Å². The van der Waals surface area contributed by atoms with Gasteiger partial charge < -0.3 is 14.8 Å². The Hall–Kier alpha value is -3.40. The summed E-state index contributed by atoms with van der Waals surface area (Å²) in [6, 6.07) is 11.6. The molecule has 0 spiro atoms. The lowest BCUT2D eigenvalue weighted by atomic mass is 9.95. The van der Waals surface area contributed by atoms with Crippen LogP contribution in [0.3, 0.4) is 0 Å². The van der Waals surface area contributed by atoms with Gasteiger partial charge in [-0.1, -0.05) is 32.9 Å². The first-order chi connectivity index (χ1) is 15.5. The number of aromatic nitrogens is 3. The number of amides is 1. The zero-order chi connectivity index (χ0) is 24.2. The summed E-state index contributed by atoms with van der Waals surface area (Å²) in [4.78, 5) is 16.5. The first kappa shape index (κ1) is 24.2. The Bertz CT molecular complexity index is 1100. The lowest BCUT2D eigenvalue weighted by molar-refractivity contribution is -0.137. The topological polar surface area (TPSA) is 78.3 Å². The highest BCUT2D eigenvalue weighted by atomic mass is 19.4. The minimum Gasteiger partial charge on any atom is -0.460 e. The molecular formula is C23H25F3N4O3. The van der Waals surface area contributed by atoms with Crippen LogP contribution < -0.4 is 10.1 Å². The van der Waals surface area contributed by atoms with Crippen molar-refractivity contribution in [3.63, 3.8) is 0 Å². The van der Waals surface area contributed by atoms with Gasteiger partial charge in [0.1, 0.15) is 6.61 Å². The highest BCUT2D eigenvalue weighted by Gasteiger charge is 2.31. The number of benzene rings is 2. The van der Waals surface area contributed by atoms with Crippen molar-refractivity contribution in [3.8, 4) is 23.1 Å². The van der Waals surface area contributed by atoms with Crippen LogP contribution in [-0.4, -0.2) is 41.0 Å². The maximum Gasteiger partial charge on any atom is 0.416 e. The van der Waals surface area contributed by atoms with Crippen LogP contribution in [0.5, 0.6) is 6.01 Å². The molecule has 0 bridgehead atoms. The number of carbonyl (C=O) groups is 1. The van der Waals surface area contributed by atoms with E-state index < -0.39 is 17.2 Å². The maximum absolute atomic E-state index is 13.2. The fourth-order valence-corrected chi connectivity index (χ4v) is 2.78. The first-order valence-electron chi connectivity index (χ1n) is 10.2. The number of anilines is 1. The highest BCUT2D eigenvalue weighted by Crippen LogP contribution is 2.33. The van der Waals surface area contributed by atoms with Gasteiger partial charge in [-0.2, -0.15) is 18.2 Å². The molecule has 1 amide bonds. The predicted molar refractivity (Wildman–Crippen MR) is 117 cm³/mol. The molecule has 176 valence electrons. The smallest absolute Gasteiger partial charge is 0.416 e. The fraction of sp³-hybridized carbons (Fsp3) is 0.348. The molecule has 10 heteroatoms. The number of alkyl halides is 3. The lowest BCUT2D eigenvalue weighted by Crippen LogP contribution is -2.27. The number of methoxy groups -OCH3 is 1. The van der Waals surface area contributed by atoms with Crippen molar-refractivity contribution in [2.24, 2.45) is 5.41 Å². The summed E-state index contributed by atoms with van der Waals surface area (Å²) >= 11 is 0. The van der Waals surface area contributed by atoms with E-state index in [1.807, 2.05) is 0 Å². The Morgan fingerprint density at radius 3 is 2.36 bits per heavy atom. The Labute approximate surface area is 189 Å². The summed E-state index contributed by atoms with van der Waals surface area (Å²) in [6.07, 6.45) is -4.49. The molecule has 0 aliphatic carbocycles. The highest BCUT2D eigenvalue weighted by molar-refractivity contribution is 5.94. The standard InChI is InChI=1S/C23H25F3N4O3/c1-22(2,3)20(31)27-17-8-10-18(11-9-17)30-19(28-21(29-30)33-13-12-32-4)15-6-5-7-16(14-15)23(24,25)26/h5-11,14H,12-13H2,1-4H3,(H,27,31). The maximum atomic E-state index is 13.2. The van der Waals surface area contributed by atoms with Crippen molar-refractivity contribution in [1.29, 1.82) is 0 Å². The van der Waals surface area contributed by atoms with Crippen molar-refractivity contribution in [1.82, 2.24) is 14.8 Å². The number of ether oxygens (including phenoxy) is 2. The fourth-order valence-electron chi connectivity index (χ4n) is 2.78. The molecule has 0 unspecified atom stereocenters. The molecule has 0 radical (unpaired) electrons. The monoisotopic (exact) mass is 462 g/mol. The van der Waals surface area contributed by atoms with Gasteiger partial charge in [0, 0.05) is 23.8 Å². The minimum atomic E-state index is -4.49. The number of carbonyl (C=O) groups excluding carboxylic acids is 1. The molecular weight excluding hydrogens is 437 g/mol. The minimum absolute atomic E-state index is 0.00423. The largest absolute Gasteiger partial charge is 0.460 e. The van der Waals surface area contributed by atoms with Gasteiger partial charge >= 0.3 is 12.2 Å². The van der Waals surface area contributed by atoms with Crippen molar-refractivity contribution < 1.29 is 27.4 Å². The number of nitrogens with zero attached hydrogens (tertiary/aromatic N) is 3. The van der Waals surface area contributed by atoms with Gasteiger partial charge in [0.2, 0.25) is 5.91 Å². The third kappa shape index (κ3) is 6.10. The van der Waals surface area contributed by atoms with Crippen LogP contribution in [0.2, 0.25) is 0 Å². The van der Waals surface area contributed by atoms with Gasteiger partial charge in [0.05, 0.1) is 17.9 Å². The second kappa shape index (κ2) is 9.62. The molecule has 3 rings (SSSR count). The summed E-state index contributed by atoms with van der Waals surface area (Å²) in [5.41, 5.74) is -0.0164. The van der Waals surface area contributed by atoms with E-state index in [2.05, 4.69) is 15.4 Å². The van der Waals surface area contributed by atoms with Crippen LogP contribution in [0.1, 0.15) is 26.3 Å². The Morgan fingerprint density at radius 1 is 1.06 bits per heavy atom. The Kier molecular flexibility index (Phi) is 7.06.